The molecule has 4 aliphatic heterocycles. The number of rotatable bonds is 8. The third-order valence-electron chi connectivity index (χ3n) is 7.97. The maximum absolute atomic E-state index is 13.6. The van der Waals surface area contributed by atoms with Gasteiger partial charge in [-0.05, 0) is 53.4 Å². The zero-order valence-electron chi connectivity index (χ0n) is 22.5. The SMILES string of the molecule is CC[C@@H](C)N1[C@H]2OC3O[C@@H]4[C@@H](OC3O[C@@H]2N([C@@H](C)CC)S1(=O)=O)N([C@@H](C)CC)S(=O)(=O)N4[C@@H](C)CC. The van der Waals surface area contributed by atoms with Crippen LogP contribution in [0.15, 0.2) is 0 Å². The second-order valence-electron chi connectivity index (χ2n) is 10.2. The summed E-state index contributed by atoms with van der Waals surface area (Å²) in [5.41, 5.74) is 0. The molecule has 4 aliphatic rings. The average molecular weight is 555 g/mol. The first-order valence-electron chi connectivity index (χ1n) is 13.1. The van der Waals surface area contributed by atoms with Gasteiger partial charge in [0.25, 0.3) is 20.4 Å². The fourth-order valence-corrected chi connectivity index (χ4v) is 9.77. The molecule has 14 heteroatoms. The van der Waals surface area contributed by atoms with Gasteiger partial charge in [-0.3, -0.25) is 0 Å². The van der Waals surface area contributed by atoms with Crippen molar-refractivity contribution in [3.63, 3.8) is 0 Å². The average Bonchev–Trinajstić information content (AvgIpc) is 3.20. The zero-order valence-corrected chi connectivity index (χ0v) is 24.1. The standard InChI is InChI=1S/C22H42N4O8S2/c1-9-13(5)23-17-18(24(14(6)10-2)35(23,27)28)32-22-21(31-17)33-19-20(34-22)26(16(8)12-4)36(29,30)25(19)15(7)11-3/h13-22H,9-12H2,1-8H3/t13-,14-,15-,16+,17+,18+,19-,20-,21?,22?/m0/s1. The van der Waals surface area contributed by atoms with Crippen molar-refractivity contribution < 1.29 is 35.8 Å². The van der Waals surface area contributed by atoms with Crippen molar-refractivity contribution in [2.24, 2.45) is 0 Å². The molecule has 0 aliphatic carbocycles. The summed E-state index contributed by atoms with van der Waals surface area (Å²) in [6.07, 6.45) is -3.63. The number of ether oxygens (including phenoxy) is 4. The fraction of sp³-hybridized carbons (Fsp3) is 1.00. The van der Waals surface area contributed by atoms with Gasteiger partial charge in [0.05, 0.1) is 0 Å². The first kappa shape index (κ1) is 28.6. The predicted molar refractivity (Wildman–Crippen MR) is 131 cm³/mol. The third kappa shape index (κ3) is 4.25. The minimum atomic E-state index is -3.88. The molecule has 10 atom stereocenters. The molecule has 4 heterocycles. The topological polar surface area (TPSA) is 118 Å². The third-order valence-corrected chi connectivity index (χ3v) is 12.4. The maximum atomic E-state index is 13.6. The molecule has 210 valence electrons. The van der Waals surface area contributed by atoms with Crippen molar-refractivity contribution in [3.05, 3.63) is 0 Å². The van der Waals surface area contributed by atoms with Crippen LogP contribution in [0.5, 0.6) is 0 Å². The highest BCUT2D eigenvalue weighted by Gasteiger charge is 2.65. The monoisotopic (exact) mass is 554 g/mol. The molecule has 0 spiro atoms. The Kier molecular flexibility index (Phi) is 8.16. The lowest BCUT2D eigenvalue weighted by Gasteiger charge is -2.47. The van der Waals surface area contributed by atoms with E-state index in [2.05, 4.69) is 0 Å². The quantitative estimate of drug-likeness (QED) is 0.447. The second kappa shape index (κ2) is 10.3. The van der Waals surface area contributed by atoms with Crippen LogP contribution in [0.2, 0.25) is 0 Å². The molecular weight excluding hydrogens is 512 g/mol. The summed E-state index contributed by atoms with van der Waals surface area (Å²) in [5.74, 6) is 0. The molecule has 0 saturated carbocycles. The summed E-state index contributed by atoms with van der Waals surface area (Å²) in [7, 11) is -7.76. The van der Waals surface area contributed by atoms with Crippen LogP contribution in [0.3, 0.4) is 0 Å². The van der Waals surface area contributed by atoms with Gasteiger partial charge >= 0.3 is 0 Å². The molecule has 0 radical (unpaired) electrons. The summed E-state index contributed by atoms with van der Waals surface area (Å²) in [6.45, 7) is 15.0. The smallest absolute Gasteiger partial charge is 0.287 e. The van der Waals surface area contributed by atoms with Crippen LogP contribution in [-0.2, 0) is 39.4 Å². The number of hydrogen-bond acceptors (Lipinski definition) is 8. The Bertz CT molecular complexity index is 870. The van der Waals surface area contributed by atoms with Crippen molar-refractivity contribution in [2.45, 2.75) is 143 Å². The summed E-state index contributed by atoms with van der Waals surface area (Å²) in [5, 5.41) is 0. The maximum Gasteiger partial charge on any atom is 0.287 e. The summed E-state index contributed by atoms with van der Waals surface area (Å²) in [6, 6.07) is -1.34. The van der Waals surface area contributed by atoms with E-state index in [1.54, 1.807) is 0 Å². The van der Waals surface area contributed by atoms with Crippen LogP contribution < -0.4 is 0 Å². The molecule has 12 nitrogen and oxygen atoms in total. The van der Waals surface area contributed by atoms with Gasteiger partial charge in [0.2, 0.25) is 12.6 Å². The van der Waals surface area contributed by atoms with Crippen LogP contribution in [0.4, 0.5) is 0 Å². The minimum absolute atomic E-state index is 0.335. The highest BCUT2D eigenvalue weighted by atomic mass is 32.2. The molecule has 4 saturated heterocycles. The van der Waals surface area contributed by atoms with Gasteiger partial charge in [-0.2, -0.15) is 34.1 Å². The fourth-order valence-electron chi connectivity index (χ4n) is 5.26. The molecule has 4 fully saturated rings. The lowest BCUT2D eigenvalue weighted by molar-refractivity contribution is -0.443. The van der Waals surface area contributed by atoms with E-state index in [0.717, 1.165) is 0 Å². The molecular formula is C22H42N4O8S2. The van der Waals surface area contributed by atoms with E-state index in [0.29, 0.717) is 25.7 Å². The number of fused-ring (bicyclic) bond motifs is 3. The minimum Gasteiger partial charge on any atom is -0.324 e. The Morgan fingerprint density at radius 2 is 0.694 bits per heavy atom. The lowest BCUT2D eigenvalue weighted by Crippen LogP contribution is -2.64. The Hall–Kier alpha value is -0.420. The van der Waals surface area contributed by atoms with Gasteiger partial charge in [-0.1, -0.05) is 27.7 Å². The molecule has 0 aromatic rings. The normalized spacial score (nSPS) is 40.2. The summed E-state index contributed by atoms with van der Waals surface area (Å²) in [4.78, 5) is 0. The molecule has 4 rings (SSSR count). The molecule has 0 amide bonds. The highest BCUT2D eigenvalue weighted by molar-refractivity contribution is 7.87. The predicted octanol–water partition coefficient (Wildman–Crippen LogP) is 1.96. The lowest BCUT2D eigenvalue weighted by atomic mass is 10.2. The Morgan fingerprint density at radius 1 is 0.500 bits per heavy atom. The van der Waals surface area contributed by atoms with Gasteiger partial charge in [-0.15, -0.1) is 0 Å². The van der Waals surface area contributed by atoms with Crippen LogP contribution >= 0.6 is 0 Å². The van der Waals surface area contributed by atoms with Crippen molar-refractivity contribution in [2.75, 3.05) is 0 Å². The van der Waals surface area contributed by atoms with Crippen LogP contribution in [0.25, 0.3) is 0 Å². The Labute approximate surface area is 216 Å². The van der Waals surface area contributed by atoms with Crippen LogP contribution in [0, 0.1) is 0 Å². The largest absolute Gasteiger partial charge is 0.324 e. The number of nitrogens with zero attached hydrogens (tertiary/aromatic N) is 4. The second-order valence-corrected chi connectivity index (χ2v) is 13.7. The van der Waals surface area contributed by atoms with Gasteiger partial charge in [0.1, 0.15) is 0 Å². The van der Waals surface area contributed by atoms with E-state index in [9.17, 15) is 16.8 Å². The molecule has 0 aromatic carbocycles. The van der Waals surface area contributed by atoms with Crippen molar-refractivity contribution in [1.29, 1.82) is 0 Å². The van der Waals surface area contributed by atoms with Gasteiger partial charge in [0.15, 0.2) is 24.9 Å². The number of hydrogen-bond donors (Lipinski definition) is 0. The van der Waals surface area contributed by atoms with Gasteiger partial charge in [-0.25, -0.2) is 0 Å². The van der Waals surface area contributed by atoms with Crippen molar-refractivity contribution in [3.8, 4) is 0 Å². The summed E-state index contributed by atoms with van der Waals surface area (Å²) < 4.78 is 84.9. The van der Waals surface area contributed by atoms with Crippen LogP contribution in [0.1, 0.15) is 81.1 Å². The van der Waals surface area contributed by atoms with Crippen molar-refractivity contribution >= 4 is 20.4 Å². The first-order chi connectivity index (χ1) is 16.9. The van der Waals surface area contributed by atoms with E-state index in [-0.39, 0.29) is 24.2 Å². The van der Waals surface area contributed by atoms with Gasteiger partial charge in [0, 0.05) is 24.2 Å². The van der Waals surface area contributed by atoms with E-state index in [4.69, 9.17) is 18.9 Å². The van der Waals surface area contributed by atoms with E-state index >= 15 is 0 Å². The van der Waals surface area contributed by atoms with E-state index in [1.165, 1.54) is 17.2 Å². The molecule has 36 heavy (non-hydrogen) atoms. The molecule has 0 aromatic heterocycles. The Morgan fingerprint density at radius 3 is 0.861 bits per heavy atom. The van der Waals surface area contributed by atoms with E-state index < -0.39 is 57.9 Å². The molecule has 0 bridgehead atoms. The molecule has 2 unspecified atom stereocenters. The highest BCUT2D eigenvalue weighted by Crippen LogP contribution is 2.45. The van der Waals surface area contributed by atoms with Crippen LogP contribution in [-0.4, -0.2) is 95.7 Å². The zero-order chi connectivity index (χ0) is 26.7. The molecule has 0 N–H and O–H groups in total. The van der Waals surface area contributed by atoms with Crippen molar-refractivity contribution in [1.82, 2.24) is 17.2 Å². The van der Waals surface area contributed by atoms with Gasteiger partial charge < -0.3 is 18.9 Å². The summed E-state index contributed by atoms with van der Waals surface area (Å²) >= 11 is 0. The first-order valence-corrected chi connectivity index (χ1v) is 15.9. The van der Waals surface area contributed by atoms with E-state index in [1.807, 2.05) is 55.4 Å². The Balaban J connectivity index is 1.71.